The Morgan fingerprint density at radius 1 is 1.11 bits per heavy atom. The number of nitrogens with zero attached hydrogens (tertiary/aromatic N) is 1. The van der Waals surface area contributed by atoms with Gasteiger partial charge in [0.2, 0.25) is 10.0 Å². The second-order valence-corrected chi connectivity index (χ2v) is 9.33. The van der Waals surface area contributed by atoms with E-state index in [1.165, 1.54) is 28.1 Å². The van der Waals surface area contributed by atoms with Gasteiger partial charge in [0.05, 0.1) is 15.5 Å². The van der Waals surface area contributed by atoms with Gasteiger partial charge < -0.3 is 5.32 Å². The largest absolute Gasteiger partial charge is 0.349 e. The minimum atomic E-state index is -3.64. The molecule has 0 aromatic heterocycles. The van der Waals surface area contributed by atoms with E-state index in [1.54, 1.807) is 13.8 Å². The topological polar surface area (TPSA) is 66.5 Å². The summed E-state index contributed by atoms with van der Waals surface area (Å²) in [5.74, 6) is 0.106. The molecule has 1 amide bonds. The molecule has 0 radical (unpaired) electrons. The summed E-state index contributed by atoms with van der Waals surface area (Å²) in [6.07, 6.45) is 1.73. The lowest BCUT2D eigenvalue weighted by Crippen LogP contribution is -2.43. The molecule has 0 bridgehead atoms. The maximum Gasteiger partial charge on any atom is 0.253 e. The van der Waals surface area contributed by atoms with E-state index in [1.807, 2.05) is 18.2 Å². The molecule has 1 aliphatic carbocycles. The third kappa shape index (κ3) is 4.24. The normalized spacial score (nSPS) is 19.3. The number of sulfonamides is 1. The summed E-state index contributed by atoms with van der Waals surface area (Å²) in [4.78, 5) is 12.8. The van der Waals surface area contributed by atoms with E-state index >= 15 is 0 Å². The van der Waals surface area contributed by atoms with E-state index in [0.29, 0.717) is 19.0 Å². The molecular weight excluding hydrogens is 396 g/mol. The maximum absolute atomic E-state index is 12.7. The van der Waals surface area contributed by atoms with Gasteiger partial charge in [0, 0.05) is 19.1 Å². The number of rotatable bonds is 7. The first-order valence-electron chi connectivity index (χ1n) is 9.52. The molecule has 2 aromatic rings. The lowest BCUT2D eigenvalue weighted by atomic mass is 9.76. The lowest BCUT2D eigenvalue weighted by Gasteiger charge is -2.36. The molecule has 0 aliphatic heterocycles. The zero-order valence-electron chi connectivity index (χ0n) is 16.1. The standard InChI is InChI=1S/C21H25ClN2O3S/c1-3-24(4-2)28(26,27)18-10-11-20(22)19(14-18)21(25)23-17-12-16(13-17)15-8-6-5-7-9-15/h5-11,14,16-17H,3-4,12-13H2,1-2H3,(H,23,25). The van der Waals surface area contributed by atoms with Gasteiger partial charge in [0.15, 0.2) is 0 Å². The molecule has 0 saturated heterocycles. The average molecular weight is 421 g/mol. The maximum atomic E-state index is 12.7. The van der Waals surface area contributed by atoms with E-state index in [0.717, 1.165) is 12.8 Å². The summed E-state index contributed by atoms with van der Waals surface area (Å²) >= 11 is 6.19. The second-order valence-electron chi connectivity index (χ2n) is 6.98. The summed E-state index contributed by atoms with van der Waals surface area (Å²) in [6.45, 7) is 4.30. The predicted octanol–water partition coefficient (Wildman–Crippen LogP) is 4.05. The van der Waals surface area contributed by atoms with E-state index in [2.05, 4.69) is 17.4 Å². The van der Waals surface area contributed by atoms with Crippen LogP contribution in [0.2, 0.25) is 5.02 Å². The van der Waals surface area contributed by atoms with Crippen molar-refractivity contribution in [1.29, 1.82) is 0 Å². The number of amides is 1. The molecule has 0 unspecified atom stereocenters. The zero-order chi connectivity index (χ0) is 20.3. The molecule has 0 spiro atoms. The van der Waals surface area contributed by atoms with Crippen LogP contribution in [0.4, 0.5) is 0 Å². The van der Waals surface area contributed by atoms with Crippen LogP contribution in [-0.2, 0) is 10.0 Å². The van der Waals surface area contributed by atoms with Crippen LogP contribution in [0.15, 0.2) is 53.4 Å². The molecule has 28 heavy (non-hydrogen) atoms. The van der Waals surface area contributed by atoms with E-state index in [4.69, 9.17) is 11.6 Å². The van der Waals surface area contributed by atoms with Gasteiger partial charge in [0.25, 0.3) is 5.91 Å². The fourth-order valence-electron chi connectivity index (χ4n) is 3.55. The van der Waals surface area contributed by atoms with Crippen LogP contribution in [0, 0.1) is 0 Å². The number of hydrogen-bond donors (Lipinski definition) is 1. The van der Waals surface area contributed by atoms with Crippen LogP contribution in [0.25, 0.3) is 0 Å². The highest BCUT2D eigenvalue weighted by Crippen LogP contribution is 2.37. The summed E-state index contributed by atoms with van der Waals surface area (Å²) in [7, 11) is -3.64. The molecule has 7 heteroatoms. The molecule has 150 valence electrons. The number of nitrogens with one attached hydrogen (secondary N) is 1. The first kappa shape index (κ1) is 20.8. The summed E-state index contributed by atoms with van der Waals surface area (Å²) < 4.78 is 26.8. The Hall–Kier alpha value is -1.89. The summed E-state index contributed by atoms with van der Waals surface area (Å²) in [6, 6.07) is 14.6. The molecule has 1 fully saturated rings. The Labute approximate surface area is 171 Å². The van der Waals surface area contributed by atoms with Gasteiger partial charge in [-0.2, -0.15) is 4.31 Å². The van der Waals surface area contributed by atoms with Crippen molar-refractivity contribution < 1.29 is 13.2 Å². The van der Waals surface area contributed by atoms with Crippen molar-refractivity contribution in [2.75, 3.05) is 13.1 Å². The van der Waals surface area contributed by atoms with Gasteiger partial charge in [-0.25, -0.2) is 8.42 Å². The highest BCUT2D eigenvalue weighted by atomic mass is 35.5. The Kier molecular flexibility index (Phi) is 6.43. The molecule has 1 aliphatic rings. The SMILES string of the molecule is CCN(CC)S(=O)(=O)c1ccc(Cl)c(C(=O)NC2CC(c3ccccc3)C2)c1. The van der Waals surface area contributed by atoms with Gasteiger partial charge in [0.1, 0.15) is 0 Å². The van der Waals surface area contributed by atoms with Crippen LogP contribution in [0.5, 0.6) is 0 Å². The first-order chi connectivity index (χ1) is 13.4. The molecule has 5 nitrogen and oxygen atoms in total. The van der Waals surface area contributed by atoms with E-state index in [9.17, 15) is 13.2 Å². The van der Waals surface area contributed by atoms with Gasteiger partial charge in [-0.15, -0.1) is 0 Å². The summed E-state index contributed by atoms with van der Waals surface area (Å²) in [5, 5.41) is 3.22. The predicted molar refractivity (Wildman–Crippen MR) is 111 cm³/mol. The van der Waals surface area contributed by atoms with Gasteiger partial charge in [-0.3, -0.25) is 4.79 Å². The first-order valence-corrected chi connectivity index (χ1v) is 11.3. The van der Waals surface area contributed by atoms with Gasteiger partial charge in [-0.05, 0) is 42.5 Å². The third-order valence-corrected chi connectivity index (χ3v) is 7.65. The Balaban J connectivity index is 1.71. The Morgan fingerprint density at radius 3 is 2.36 bits per heavy atom. The van der Waals surface area contributed by atoms with Crippen molar-refractivity contribution in [3.8, 4) is 0 Å². The highest BCUT2D eigenvalue weighted by molar-refractivity contribution is 7.89. The molecular formula is C21H25ClN2O3S. The fraction of sp³-hybridized carbons (Fsp3) is 0.381. The van der Waals surface area contributed by atoms with Gasteiger partial charge >= 0.3 is 0 Å². The fourth-order valence-corrected chi connectivity index (χ4v) is 5.24. The minimum absolute atomic E-state index is 0.0665. The molecule has 2 aromatic carbocycles. The smallest absolute Gasteiger partial charge is 0.253 e. The van der Waals surface area contributed by atoms with E-state index in [-0.39, 0.29) is 27.4 Å². The number of hydrogen-bond acceptors (Lipinski definition) is 3. The number of halogens is 1. The van der Waals surface area contributed by atoms with Crippen molar-refractivity contribution in [2.24, 2.45) is 0 Å². The number of carbonyl (C=O) groups is 1. The minimum Gasteiger partial charge on any atom is -0.349 e. The van der Waals surface area contributed by atoms with Crippen molar-refractivity contribution in [3.05, 3.63) is 64.7 Å². The van der Waals surface area contributed by atoms with Gasteiger partial charge in [-0.1, -0.05) is 55.8 Å². The molecule has 3 rings (SSSR count). The van der Waals surface area contributed by atoms with Crippen LogP contribution in [0.3, 0.4) is 0 Å². The van der Waals surface area contributed by atoms with Crippen LogP contribution < -0.4 is 5.32 Å². The molecule has 1 saturated carbocycles. The molecule has 0 atom stereocenters. The van der Waals surface area contributed by atoms with Crippen LogP contribution in [0.1, 0.15) is 48.5 Å². The number of benzene rings is 2. The summed E-state index contributed by atoms with van der Waals surface area (Å²) in [5.41, 5.74) is 1.47. The van der Waals surface area contributed by atoms with Crippen molar-refractivity contribution in [3.63, 3.8) is 0 Å². The van der Waals surface area contributed by atoms with Crippen molar-refractivity contribution in [2.45, 2.75) is 43.5 Å². The lowest BCUT2D eigenvalue weighted by molar-refractivity contribution is 0.0909. The van der Waals surface area contributed by atoms with Crippen LogP contribution in [-0.4, -0.2) is 37.8 Å². The van der Waals surface area contributed by atoms with Crippen molar-refractivity contribution in [1.82, 2.24) is 9.62 Å². The third-order valence-electron chi connectivity index (χ3n) is 5.27. The number of carbonyl (C=O) groups excluding carboxylic acids is 1. The zero-order valence-corrected chi connectivity index (χ0v) is 17.6. The second kappa shape index (κ2) is 8.64. The average Bonchev–Trinajstić information content (AvgIpc) is 2.65. The monoisotopic (exact) mass is 420 g/mol. The van der Waals surface area contributed by atoms with Crippen LogP contribution >= 0.6 is 11.6 Å². The molecule has 0 heterocycles. The Morgan fingerprint density at radius 2 is 1.75 bits per heavy atom. The Bertz CT molecular complexity index is 937. The molecule has 1 N–H and O–H groups in total. The quantitative estimate of drug-likeness (QED) is 0.734. The highest BCUT2D eigenvalue weighted by Gasteiger charge is 2.32. The van der Waals surface area contributed by atoms with Crippen molar-refractivity contribution >= 4 is 27.5 Å². The van der Waals surface area contributed by atoms with E-state index < -0.39 is 10.0 Å².